The molecule has 0 aliphatic carbocycles. The van der Waals surface area contributed by atoms with Crippen LogP contribution in [-0.2, 0) is 30.9 Å². The molecule has 0 amide bonds. The molecule has 4 aliphatic heterocycles. The highest BCUT2D eigenvalue weighted by atomic mass is 16.5. The number of aromatic nitrogens is 8. The first-order valence-electron chi connectivity index (χ1n) is 19.7. The molecule has 54 heavy (non-hydrogen) atoms. The maximum Gasteiger partial charge on any atom is 0.215 e. The average Bonchev–Trinajstić information content (AvgIpc) is 3.95. The molecule has 4 aliphatic rings. The van der Waals surface area contributed by atoms with Crippen molar-refractivity contribution in [1.82, 2.24) is 44.4 Å². The van der Waals surface area contributed by atoms with Crippen molar-refractivity contribution >= 4 is 0 Å². The molecule has 0 saturated carbocycles. The summed E-state index contributed by atoms with van der Waals surface area (Å²) >= 11 is 0. The van der Waals surface area contributed by atoms with Crippen molar-refractivity contribution < 1.29 is 23.7 Å². The third-order valence-electron chi connectivity index (χ3n) is 10.0. The van der Waals surface area contributed by atoms with Gasteiger partial charge in [0.05, 0.1) is 63.7 Å². The van der Waals surface area contributed by atoms with E-state index in [0.717, 1.165) is 75.9 Å². The number of rotatable bonds is 6. The van der Waals surface area contributed by atoms with Gasteiger partial charge in [0.1, 0.15) is 19.3 Å². The van der Waals surface area contributed by atoms with Crippen molar-refractivity contribution in [2.75, 3.05) is 40.6 Å². The van der Waals surface area contributed by atoms with Crippen LogP contribution in [0.15, 0.2) is 24.8 Å². The third-order valence-corrected chi connectivity index (χ3v) is 10.0. The van der Waals surface area contributed by atoms with E-state index in [1.165, 1.54) is 22.3 Å². The summed E-state index contributed by atoms with van der Waals surface area (Å²) in [6, 6.07) is 0.377. The van der Waals surface area contributed by atoms with E-state index in [1.807, 2.05) is 50.6 Å². The van der Waals surface area contributed by atoms with Gasteiger partial charge in [0.2, 0.25) is 23.5 Å². The number of methoxy groups -OCH3 is 1. The number of likely N-dealkylation sites (N-methyl/N-ethyl adjacent to an activating group) is 1. The first-order chi connectivity index (χ1) is 25.7. The summed E-state index contributed by atoms with van der Waals surface area (Å²) < 4.78 is 35.7. The predicted octanol–water partition coefficient (Wildman–Crippen LogP) is 6.61. The molecule has 0 fully saturated rings. The molecule has 4 aromatic rings. The molecular formula is C40H65N9O5. The number of ether oxygens (including phenoxy) is 5. The lowest BCUT2D eigenvalue weighted by molar-refractivity contribution is 0.0174. The monoisotopic (exact) mass is 752 g/mol. The van der Waals surface area contributed by atoms with Crippen molar-refractivity contribution in [1.29, 1.82) is 0 Å². The number of aryl methyl sites for hydroxylation is 1. The molecule has 0 saturated heterocycles. The predicted molar refractivity (Wildman–Crippen MR) is 209 cm³/mol. The number of nitrogens with zero attached hydrogens (tertiary/aromatic N) is 8. The summed E-state index contributed by atoms with van der Waals surface area (Å²) in [5, 5.41) is 20.4. The summed E-state index contributed by atoms with van der Waals surface area (Å²) in [5.41, 5.74) is 5.04. The van der Waals surface area contributed by atoms with Crippen LogP contribution in [-0.4, -0.2) is 91.9 Å². The minimum Gasteiger partial charge on any atom is -0.478 e. The third kappa shape index (κ3) is 9.79. The molecule has 0 radical (unpaired) electrons. The fourth-order valence-electron chi connectivity index (χ4n) is 6.58. The summed E-state index contributed by atoms with van der Waals surface area (Å²) in [4.78, 5) is 0. The van der Waals surface area contributed by atoms with Crippen LogP contribution < -0.4 is 24.3 Å². The molecular weight excluding hydrogens is 686 g/mol. The quantitative estimate of drug-likeness (QED) is 0.230. The molecule has 8 heterocycles. The van der Waals surface area contributed by atoms with Crippen LogP contribution in [0.5, 0.6) is 23.5 Å². The molecule has 8 rings (SSSR count). The Bertz CT molecular complexity index is 1700. The van der Waals surface area contributed by atoms with Gasteiger partial charge in [0.25, 0.3) is 0 Å². The largest absolute Gasteiger partial charge is 0.478 e. The molecule has 4 aromatic heterocycles. The van der Waals surface area contributed by atoms with Gasteiger partial charge in [0.15, 0.2) is 0 Å². The normalized spacial score (nSPS) is 19.3. The van der Waals surface area contributed by atoms with Gasteiger partial charge in [-0.25, -0.2) is 18.7 Å². The second kappa shape index (κ2) is 18.1. The second-order valence-electron chi connectivity index (χ2n) is 16.6. The summed E-state index contributed by atoms with van der Waals surface area (Å²) in [6.45, 7) is 28.3. The Kier molecular flexibility index (Phi) is 13.8. The number of hydrogen-bond acceptors (Lipinski definition) is 10. The van der Waals surface area contributed by atoms with E-state index in [0.29, 0.717) is 36.3 Å². The van der Waals surface area contributed by atoms with Gasteiger partial charge in [-0.3, -0.25) is 0 Å². The summed E-state index contributed by atoms with van der Waals surface area (Å²) in [6.07, 6.45) is 8.86. The van der Waals surface area contributed by atoms with Crippen LogP contribution in [0.25, 0.3) is 0 Å². The lowest BCUT2D eigenvalue weighted by Gasteiger charge is -2.30. The lowest BCUT2D eigenvalue weighted by Crippen LogP contribution is -2.40. The molecule has 14 heteroatoms. The minimum atomic E-state index is 0.127. The van der Waals surface area contributed by atoms with Gasteiger partial charge in [-0.2, -0.15) is 20.4 Å². The average molecular weight is 752 g/mol. The molecule has 2 atom stereocenters. The van der Waals surface area contributed by atoms with E-state index >= 15 is 0 Å². The Morgan fingerprint density at radius 2 is 1.11 bits per heavy atom. The molecule has 1 N–H and O–H groups in total. The van der Waals surface area contributed by atoms with Gasteiger partial charge >= 0.3 is 0 Å². The van der Waals surface area contributed by atoms with Gasteiger partial charge in [-0.1, -0.05) is 69.2 Å². The highest BCUT2D eigenvalue weighted by molar-refractivity contribution is 5.30. The Labute approximate surface area is 321 Å². The molecule has 0 aromatic carbocycles. The standard InChI is InChI=1S/C11H18N2O.C10H17N3O.C10H16N2O2.C9H14N2O/c1-8(2)9-5-12-13-6-11(3,4)7-14-10(9)13;1-7(2)9-4-12-13-5-8(11-3)6-14-10(9)13;1-7(2)9-4-11-12-5-8(13-3)6-14-10(9)12;1-7(2)8-6-10-11-4-3-5-12-9(8)11/h5,8H,6-7H2,1-4H3;4,7-8,11H,5-6H2,1-3H3;4,7-8H,5-6H2,1-3H3;6-7H,3-5H2,1-2H3/t;2*8-;/m.00./s1. The maximum absolute atomic E-state index is 5.77. The molecule has 0 spiro atoms. The van der Waals surface area contributed by atoms with Crippen molar-refractivity contribution in [3.05, 3.63) is 47.0 Å². The Balaban J connectivity index is 0.000000139. The first-order valence-corrected chi connectivity index (χ1v) is 19.7. The first kappa shape index (κ1) is 41.1. The molecule has 0 bridgehead atoms. The highest BCUT2D eigenvalue weighted by Crippen LogP contribution is 2.34. The lowest BCUT2D eigenvalue weighted by atomic mass is 9.94. The topological polar surface area (TPSA) is 129 Å². The van der Waals surface area contributed by atoms with E-state index in [1.54, 1.807) is 7.11 Å². The van der Waals surface area contributed by atoms with Crippen molar-refractivity contribution in [3.8, 4) is 23.5 Å². The maximum atomic E-state index is 5.77. The van der Waals surface area contributed by atoms with E-state index in [9.17, 15) is 0 Å². The van der Waals surface area contributed by atoms with Crippen LogP contribution in [0.4, 0.5) is 0 Å². The summed E-state index contributed by atoms with van der Waals surface area (Å²) in [7, 11) is 3.65. The zero-order valence-electron chi connectivity index (χ0n) is 34.8. The van der Waals surface area contributed by atoms with Gasteiger partial charge in [-0.05, 0) is 30.7 Å². The second-order valence-corrected chi connectivity index (χ2v) is 16.6. The minimum absolute atomic E-state index is 0.127. The highest BCUT2D eigenvalue weighted by Gasteiger charge is 2.30. The summed E-state index contributed by atoms with van der Waals surface area (Å²) in [5.74, 6) is 5.74. The zero-order chi connectivity index (χ0) is 39.2. The SMILES string of the molecule is CC(C)c1cnn2c1OCC(C)(C)C2.CC(C)c1cnn2c1OCCC2.CN[C@@H]1COc2c(C(C)C)cnn2C1.CO[C@@H]1COc2c(C(C)C)cnn2C1. The zero-order valence-corrected chi connectivity index (χ0v) is 34.8. The molecule has 14 nitrogen and oxygen atoms in total. The van der Waals surface area contributed by atoms with E-state index in [4.69, 9.17) is 23.7 Å². The van der Waals surface area contributed by atoms with Crippen LogP contribution in [0.2, 0.25) is 0 Å². The number of fused-ring (bicyclic) bond motifs is 4. The van der Waals surface area contributed by atoms with Crippen LogP contribution in [0, 0.1) is 5.41 Å². The van der Waals surface area contributed by atoms with Gasteiger partial charge in [0, 0.05) is 47.7 Å². The van der Waals surface area contributed by atoms with Crippen LogP contribution in [0.1, 0.15) is 122 Å². The van der Waals surface area contributed by atoms with E-state index in [-0.39, 0.29) is 11.5 Å². The Morgan fingerprint density at radius 1 is 0.648 bits per heavy atom. The van der Waals surface area contributed by atoms with E-state index < -0.39 is 0 Å². The van der Waals surface area contributed by atoms with Crippen molar-refractivity contribution in [2.45, 2.75) is 138 Å². The van der Waals surface area contributed by atoms with Crippen LogP contribution in [0.3, 0.4) is 0 Å². The van der Waals surface area contributed by atoms with Gasteiger partial charge in [-0.15, -0.1) is 0 Å². The molecule has 0 unspecified atom stereocenters. The van der Waals surface area contributed by atoms with Crippen molar-refractivity contribution in [3.63, 3.8) is 0 Å². The smallest absolute Gasteiger partial charge is 0.215 e. The van der Waals surface area contributed by atoms with E-state index in [2.05, 4.69) is 94.9 Å². The van der Waals surface area contributed by atoms with Crippen molar-refractivity contribution in [2.24, 2.45) is 5.41 Å². The number of hydrogen-bond donors (Lipinski definition) is 1. The van der Waals surface area contributed by atoms with Gasteiger partial charge < -0.3 is 29.0 Å². The van der Waals surface area contributed by atoms with Crippen LogP contribution >= 0.6 is 0 Å². The number of nitrogens with one attached hydrogen (secondary N) is 1. The molecule has 300 valence electrons. The fourth-order valence-corrected chi connectivity index (χ4v) is 6.58. The Hall–Kier alpha value is -4.04. The fraction of sp³-hybridized carbons (Fsp3) is 0.700. The Morgan fingerprint density at radius 3 is 1.63 bits per heavy atom.